The van der Waals surface area contributed by atoms with Gasteiger partial charge in [-0.05, 0) is 43.2 Å². The standard InChI is InChI=1S/C26H26F3N3O4S/c1-16-13-22(33)36-17(2)23(16)25(35)32-11-9-31(10-12-32)15-19-7-8-21(37-19)24(34)30-14-18-5-3-4-6-20(18)26(27,28)29/h3-8,13H,9-12,14-15H2,1-2H3,(H,30,34). The third-order valence-electron chi connectivity index (χ3n) is 6.23. The molecule has 1 aromatic carbocycles. The molecule has 3 heterocycles. The molecule has 2 amide bonds. The molecule has 0 radical (unpaired) electrons. The Morgan fingerprint density at radius 2 is 1.76 bits per heavy atom. The molecule has 1 aliphatic heterocycles. The van der Waals surface area contributed by atoms with Crippen LogP contribution in [0.1, 0.15) is 47.4 Å². The Balaban J connectivity index is 1.30. The molecule has 0 bridgehead atoms. The molecule has 0 atom stereocenters. The van der Waals surface area contributed by atoms with E-state index in [0.29, 0.717) is 54.5 Å². The summed E-state index contributed by atoms with van der Waals surface area (Å²) in [5.41, 5.74) is -0.226. The Bertz CT molecular complexity index is 1330. The van der Waals surface area contributed by atoms with E-state index in [0.717, 1.165) is 10.9 Å². The molecule has 7 nitrogen and oxygen atoms in total. The monoisotopic (exact) mass is 533 g/mol. The number of alkyl halides is 3. The van der Waals surface area contributed by atoms with Gasteiger partial charge in [-0.3, -0.25) is 14.5 Å². The van der Waals surface area contributed by atoms with Crippen molar-refractivity contribution in [3.8, 4) is 0 Å². The van der Waals surface area contributed by atoms with Gasteiger partial charge in [0, 0.05) is 50.2 Å². The zero-order valence-electron chi connectivity index (χ0n) is 20.4. The number of amides is 2. The second kappa shape index (κ2) is 10.9. The summed E-state index contributed by atoms with van der Waals surface area (Å²) in [5, 5.41) is 2.58. The molecule has 0 aliphatic carbocycles. The minimum atomic E-state index is -4.49. The van der Waals surface area contributed by atoms with Crippen LogP contribution in [0.4, 0.5) is 13.2 Å². The lowest BCUT2D eigenvalue weighted by Crippen LogP contribution is -2.48. The van der Waals surface area contributed by atoms with Crippen molar-refractivity contribution in [2.24, 2.45) is 0 Å². The molecule has 196 valence electrons. The van der Waals surface area contributed by atoms with Crippen molar-refractivity contribution >= 4 is 23.2 Å². The van der Waals surface area contributed by atoms with Crippen molar-refractivity contribution in [2.75, 3.05) is 26.2 Å². The summed E-state index contributed by atoms with van der Waals surface area (Å²) in [6.45, 7) is 5.98. The molecule has 0 saturated carbocycles. The molecular formula is C26H26F3N3O4S. The van der Waals surface area contributed by atoms with Gasteiger partial charge in [0.1, 0.15) is 5.76 Å². The Hall–Kier alpha value is -3.44. The molecule has 0 unspecified atom stereocenters. The van der Waals surface area contributed by atoms with Crippen molar-refractivity contribution in [1.82, 2.24) is 15.1 Å². The molecule has 1 fully saturated rings. The second-order valence-electron chi connectivity index (χ2n) is 8.85. The van der Waals surface area contributed by atoms with Crippen molar-refractivity contribution < 1.29 is 27.2 Å². The number of hydrogen-bond donors (Lipinski definition) is 1. The van der Waals surface area contributed by atoms with Gasteiger partial charge in [0.2, 0.25) is 0 Å². The lowest BCUT2D eigenvalue weighted by atomic mass is 10.1. The van der Waals surface area contributed by atoms with Crippen LogP contribution in [0, 0.1) is 13.8 Å². The zero-order valence-corrected chi connectivity index (χ0v) is 21.2. The van der Waals surface area contributed by atoms with Crippen LogP contribution in [0.15, 0.2) is 51.7 Å². The smallest absolute Gasteiger partial charge is 0.416 e. The Kier molecular flexibility index (Phi) is 7.84. The number of thiophene rings is 1. The Morgan fingerprint density at radius 3 is 2.43 bits per heavy atom. The first kappa shape index (κ1) is 26.6. The quantitative estimate of drug-likeness (QED) is 0.513. The number of hydrogen-bond acceptors (Lipinski definition) is 6. The SMILES string of the molecule is Cc1cc(=O)oc(C)c1C(=O)N1CCN(Cc2ccc(C(=O)NCc3ccccc3C(F)(F)F)s2)CC1. The molecule has 1 saturated heterocycles. The second-order valence-corrected chi connectivity index (χ2v) is 10.0. The predicted octanol–water partition coefficient (Wildman–Crippen LogP) is 4.22. The number of halogens is 3. The van der Waals surface area contributed by atoms with Crippen LogP contribution in [-0.2, 0) is 19.3 Å². The van der Waals surface area contributed by atoms with Crippen molar-refractivity contribution in [3.05, 3.63) is 90.7 Å². The fraction of sp³-hybridized carbons (Fsp3) is 0.346. The maximum atomic E-state index is 13.2. The first-order valence-corrected chi connectivity index (χ1v) is 12.5. The molecular weight excluding hydrogens is 507 g/mol. The number of piperazine rings is 1. The number of carbonyl (C=O) groups excluding carboxylic acids is 2. The van der Waals surface area contributed by atoms with E-state index >= 15 is 0 Å². The van der Waals surface area contributed by atoms with Crippen LogP contribution < -0.4 is 10.9 Å². The van der Waals surface area contributed by atoms with Crippen LogP contribution in [0.3, 0.4) is 0 Å². The minimum Gasteiger partial charge on any atom is -0.427 e. The van der Waals surface area contributed by atoms with E-state index in [4.69, 9.17) is 4.42 Å². The normalized spacial score (nSPS) is 14.6. The van der Waals surface area contributed by atoms with E-state index in [1.54, 1.807) is 24.8 Å². The van der Waals surface area contributed by atoms with Gasteiger partial charge >= 0.3 is 11.8 Å². The highest BCUT2D eigenvalue weighted by molar-refractivity contribution is 7.14. The van der Waals surface area contributed by atoms with E-state index in [-0.39, 0.29) is 18.0 Å². The largest absolute Gasteiger partial charge is 0.427 e. The summed E-state index contributed by atoms with van der Waals surface area (Å²) in [6, 6.07) is 9.99. The first-order valence-electron chi connectivity index (χ1n) is 11.7. The highest BCUT2D eigenvalue weighted by atomic mass is 32.1. The molecule has 0 spiro atoms. The summed E-state index contributed by atoms with van der Waals surface area (Å²) in [5.74, 6) is -0.284. The molecule has 1 aliphatic rings. The first-order chi connectivity index (χ1) is 17.5. The van der Waals surface area contributed by atoms with E-state index in [2.05, 4.69) is 10.2 Å². The fourth-order valence-electron chi connectivity index (χ4n) is 4.36. The Morgan fingerprint density at radius 1 is 1.05 bits per heavy atom. The van der Waals surface area contributed by atoms with Gasteiger partial charge in [-0.25, -0.2) is 4.79 Å². The number of nitrogens with zero attached hydrogens (tertiary/aromatic N) is 2. The molecule has 3 aromatic rings. The lowest BCUT2D eigenvalue weighted by molar-refractivity contribution is -0.138. The van der Waals surface area contributed by atoms with Crippen LogP contribution >= 0.6 is 11.3 Å². The minimum absolute atomic E-state index is 0.00979. The highest BCUT2D eigenvalue weighted by Gasteiger charge is 2.33. The number of carbonyl (C=O) groups is 2. The van der Waals surface area contributed by atoms with Gasteiger partial charge in [0.15, 0.2) is 0 Å². The number of aryl methyl sites for hydroxylation is 2. The van der Waals surface area contributed by atoms with Gasteiger partial charge in [0.05, 0.1) is 16.0 Å². The summed E-state index contributed by atoms with van der Waals surface area (Å²) in [6.07, 6.45) is -4.49. The molecule has 1 N–H and O–H groups in total. The van der Waals surface area contributed by atoms with Crippen molar-refractivity contribution in [3.63, 3.8) is 0 Å². The number of benzene rings is 1. The summed E-state index contributed by atoms with van der Waals surface area (Å²) in [4.78, 5) is 42.3. The number of rotatable bonds is 6. The fourth-order valence-corrected chi connectivity index (χ4v) is 5.33. The van der Waals surface area contributed by atoms with Crippen molar-refractivity contribution in [2.45, 2.75) is 33.1 Å². The molecule has 11 heteroatoms. The predicted molar refractivity (Wildman–Crippen MR) is 133 cm³/mol. The number of nitrogens with one attached hydrogen (secondary N) is 1. The topological polar surface area (TPSA) is 82.9 Å². The van der Waals surface area contributed by atoms with Crippen LogP contribution in [0.5, 0.6) is 0 Å². The van der Waals surface area contributed by atoms with E-state index < -0.39 is 23.3 Å². The maximum absolute atomic E-state index is 13.2. The van der Waals surface area contributed by atoms with E-state index in [1.165, 1.54) is 35.6 Å². The third-order valence-corrected chi connectivity index (χ3v) is 7.30. The molecule has 2 aromatic heterocycles. The third kappa shape index (κ3) is 6.28. The Labute approximate surface area is 215 Å². The van der Waals surface area contributed by atoms with Gasteiger partial charge in [-0.15, -0.1) is 11.3 Å². The summed E-state index contributed by atoms with van der Waals surface area (Å²) < 4.78 is 44.6. The lowest BCUT2D eigenvalue weighted by Gasteiger charge is -2.34. The van der Waals surface area contributed by atoms with Gasteiger partial charge in [-0.1, -0.05) is 18.2 Å². The van der Waals surface area contributed by atoms with Crippen LogP contribution in [0.2, 0.25) is 0 Å². The summed E-state index contributed by atoms with van der Waals surface area (Å²) >= 11 is 1.29. The highest BCUT2D eigenvalue weighted by Crippen LogP contribution is 2.32. The average Bonchev–Trinajstić information content (AvgIpc) is 3.30. The summed E-state index contributed by atoms with van der Waals surface area (Å²) in [7, 11) is 0. The van der Waals surface area contributed by atoms with Gasteiger partial charge < -0.3 is 14.6 Å². The average molecular weight is 534 g/mol. The van der Waals surface area contributed by atoms with Gasteiger partial charge in [0.25, 0.3) is 11.8 Å². The molecule has 37 heavy (non-hydrogen) atoms. The van der Waals surface area contributed by atoms with Crippen LogP contribution in [0.25, 0.3) is 0 Å². The van der Waals surface area contributed by atoms with Crippen molar-refractivity contribution in [1.29, 1.82) is 0 Å². The van der Waals surface area contributed by atoms with E-state index in [1.807, 2.05) is 6.07 Å². The maximum Gasteiger partial charge on any atom is 0.416 e. The van der Waals surface area contributed by atoms with Crippen LogP contribution in [-0.4, -0.2) is 47.8 Å². The molecule has 4 rings (SSSR count). The van der Waals surface area contributed by atoms with Gasteiger partial charge in [-0.2, -0.15) is 13.2 Å². The zero-order chi connectivity index (χ0) is 26.7. The van der Waals surface area contributed by atoms with E-state index in [9.17, 15) is 27.6 Å².